The third kappa shape index (κ3) is 4.99. The second kappa shape index (κ2) is 7.09. The van der Waals surface area contributed by atoms with Crippen molar-refractivity contribution in [1.82, 2.24) is 4.90 Å². The summed E-state index contributed by atoms with van der Waals surface area (Å²) in [4.78, 5) is 13.3. The van der Waals surface area contributed by atoms with Gasteiger partial charge in [-0.3, -0.25) is 4.79 Å². The van der Waals surface area contributed by atoms with Gasteiger partial charge in [-0.2, -0.15) is 13.2 Å². The van der Waals surface area contributed by atoms with Crippen LogP contribution in [0.4, 0.5) is 13.2 Å². The van der Waals surface area contributed by atoms with Crippen LogP contribution in [0.2, 0.25) is 0 Å². The van der Waals surface area contributed by atoms with E-state index < -0.39 is 18.2 Å². The Hall–Kier alpha value is -0.820. The summed E-state index contributed by atoms with van der Waals surface area (Å²) >= 11 is 0. The summed E-state index contributed by atoms with van der Waals surface area (Å²) in [6, 6.07) is 0. The van der Waals surface area contributed by atoms with Gasteiger partial charge in [-0.15, -0.1) is 0 Å². The van der Waals surface area contributed by atoms with Crippen molar-refractivity contribution in [2.75, 3.05) is 26.8 Å². The standard InChI is InChI=1S/C12H20F3NO3/c1-19-8-2-3-10(17)16-6-4-9(5-7-16)11(18)12(13,14)15/h9,11,18H,2-8H2,1H3. The molecule has 1 unspecified atom stereocenters. The number of aliphatic hydroxyl groups excluding tert-OH is 1. The first-order valence-electron chi connectivity index (χ1n) is 6.37. The number of aliphatic hydroxyl groups is 1. The molecule has 112 valence electrons. The van der Waals surface area contributed by atoms with E-state index in [1.54, 1.807) is 12.0 Å². The molecule has 0 bridgehead atoms. The van der Waals surface area contributed by atoms with Crippen molar-refractivity contribution in [2.45, 2.75) is 38.0 Å². The number of halogens is 3. The Balaban J connectivity index is 2.34. The first kappa shape index (κ1) is 16.2. The van der Waals surface area contributed by atoms with Crippen LogP contribution in [0.1, 0.15) is 25.7 Å². The summed E-state index contributed by atoms with van der Waals surface area (Å²) in [6.45, 7) is 1.06. The summed E-state index contributed by atoms with van der Waals surface area (Å²) < 4.78 is 41.9. The maximum atomic E-state index is 12.4. The van der Waals surface area contributed by atoms with Crippen LogP contribution < -0.4 is 0 Å². The summed E-state index contributed by atoms with van der Waals surface area (Å²) in [6.07, 6.45) is -5.51. The molecule has 1 saturated heterocycles. The molecule has 4 nitrogen and oxygen atoms in total. The summed E-state index contributed by atoms with van der Waals surface area (Å²) in [7, 11) is 1.55. The van der Waals surface area contributed by atoms with Gasteiger partial charge in [0.15, 0.2) is 6.10 Å². The van der Waals surface area contributed by atoms with Crippen molar-refractivity contribution in [2.24, 2.45) is 5.92 Å². The van der Waals surface area contributed by atoms with E-state index in [2.05, 4.69) is 0 Å². The first-order chi connectivity index (χ1) is 8.86. The molecule has 0 saturated carbocycles. The fourth-order valence-electron chi connectivity index (χ4n) is 2.26. The van der Waals surface area contributed by atoms with Gasteiger partial charge < -0.3 is 14.7 Å². The van der Waals surface area contributed by atoms with Gasteiger partial charge in [0, 0.05) is 33.2 Å². The maximum Gasteiger partial charge on any atom is 0.414 e. The highest BCUT2D eigenvalue weighted by molar-refractivity contribution is 5.76. The predicted octanol–water partition coefficient (Wildman–Crippen LogP) is 1.57. The average molecular weight is 283 g/mol. The first-order valence-corrected chi connectivity index (χ1v) is 6.37. The topological polar surface area (TPSA) is 49.8 Å². The van der Waals surface area contributed by atoms with Crippen molar-refractivity contribution in [3.05, 3.63) is 0 Å². The van der Waals surface area contributed by atoms with Crippen molar-refractivity contribution >= 4 is 5.91 Å². The number of likely N-dealkylation sites (tertiary alicyclic amines) is 1. The number of hydrogen-bond acceptors (Lipinski definition) is 3. The highest BCUT2D eigenvalue weighted by Crippen LogP contribution is 2.31. The van der Waals surface area contributed by atoms with E-state index in [0.717, 1.165) is 0 Å². The zero-order valence-corrected chi connectivity index (χ0v) is 10.9. The van der Waals surface area contributed by atoms with E-state index in [1.807, 2.05) is 0 Å². The fourth-order valence-corrected chi connectivity index (χ4v) is 2.26. The lowest BCUT2D eigenvalue weighted by atomic mass is 9.90. The van der Waals surface area contributed by atoms with E-state index in [0.29, 0.717) is 19.4 Å². The Bertz CT molecular complexity index is 288. The van der Waals surface area contributed by atoms with Crippen LogP contribution in [0.5, 0.6) is 0 Å². The number of ether oxygens (including phenoxy) is 1. The highest BCUT2D eigenvalue weighted by Gasteiger charge is 2.44. The Morgan fingerprint density at radius 3 is 2.47 bits per heavy atom. The molecule has 0 aromatic heterocycles. The van der Waals surface area contributed by atoms with Crippen molar-refractivity contribution < 1.29 is 27.8 Å². The number of carbonyl (C=O) groups excluding carboxylic acids is 1. The molecule has 1 heterocycles. The van der Waals surface area contributed by atoms with Gasteiger partial charge in [0.2, 0.25) is 5.91 Å². The Labute approximate surface area is 110 Å². The third-order valence-electron chi connectivity index (χ3n) is 3.41. The SMILES string of the molecule is COCCCC(=O)N1CCC(C(O)C(F)(F)F)CC1. The molecule has 0 aliphatic carbocycles. The second-order valence-electron chi connectivity index (χ2n) is 4.80. The Morgan fingerprint density at radius 2 is 2.00 bits per heavy atom. The number of hydrogen-bond donors (Lipinski definition) is 1. The zero-order chi connectivity index (χ0) is 14.5. The Kier molecular flexibility index (Phi) is 6.06. The minimum atomic E-state index is -4.57. The van der Waals surface area contributed by atoms with E-state index >= 15 is 0 Å². The summed E-state index contributed by atoms with van der Waals surface area (Å²) in [5.41, 5.74) is 0. The van der Waals surface area contributed by atoms with Gasteiger partial charge in [-0.1, -0.05) is 0 Å². The van der Waals surface area contributed by atoms with Gasteiger partial charge in [-0.25, -0.2) is 0 Å². The average Bonchev–Trinajstić information content (AvgIpc) is 2.37. The molecule has 0 radical (unpaired) electrons. The molecule has 0 aromatic rings. The summed E-state index contributed by atoms with van der Waals surface area (Å²) in [5, 5.41) is 9.16. The van der Waals surface area contributed by atoms with Crippen molar-refractivity contribution in [3.8, 4) is 0 Å². The van der Waals surface area contributed by atoms with Crippen LogP contribution in [0.15, 0.2) is 0 Å². The van der Waals surface area contributed by atoms with Crippen LogP contribution >= 0.6 is 0 Å². The lowest BCUT2D eigenvalue weighted by Crippen LogP contribution is -2.45. The van der Waals surface area contributed by atoms with E-state index in [9.17, 15) is 18.0 Å². The quantitative estimate of drug-likeness (QED) is 0.779. The minimum Gasteiger partial charge on any atom is -0.385 e. The van der Waals surface area contributed by atoms with E-state index in [-0.39, 0.29) is 31.8 Å². The molecule has 7 heteroatoms. The maximum absolute atomic E-state index is 12.4. The number of nitrogens with zero attached hydrogens (tertiary/aromatic N) is 1. The summed E-state index contributed by atoms with van der Waals surface area (Å²) in [5.74, 6) is -0.861. The number of carbonyl (C=O) groups is 1. The highest BCUT2D eigenvalue weighted by atomic mass is 19.4. The van der Waals surface area contributed by atoms with E-state index in [4.69, 9.17) is 9.84 Å². The van der Waals surface area contributed by atoms with Crippen molar-refractivity contribution in [3.63, 3.8) is 0 Å². The normalized spacial score (nSPS) is 19.5. The molecule has 1 rings (SSSR count). The third-order valence-corrected chi connectivity index (χ3v) is 3.41. The number of alkyl halides is 3. The van der Waals surface area contributed by atoms with Crippen LogP contribution in [0.3, 0.4) is 0 Å². The molecule has 0 spiro atoms. The van der Waals surface area contributed by atoms with Crippen LogP contribution in [0, 0.1) is 5.92 Å². The molecule has 1 atom stereocenters. The van der Waals surface area contributed by atoms with Gasteiger partial charge in [0.05, 0.1) is 0 Å². The van der Waals surface area contributed by atoms with Crippen LogP contribution in [-0.2, 0) is 9.53 Å². The van der Waals surface area contributed by atoms with Gasteiger partial charge in [0.1, 0.15) is 0 Å². The lowest BCUT2D eigenvalue weighted by Gasteiger charge is -2.34. The minimum absolute atomic E-state index is 0.0583. The second-order valence-corrected chi connectivity index (χ2v) is 4.80. The van der Waals surface area contributed by atoms with Gasteiger partial charge >= 0.3 is 6.18 Å². The zero-order valence-electron chi connectivity index (χ0n) is 10.9. The Morgan fingerprint density at radius 1 is 1.42 bits per heavy atom. The molecular weight excluding hydrogens is 263 g/mol. The molecule has 0 aromatic carbocycles. The molecule has 1 aliphatic rings. The largest absolute Gasteiger partial charge is 0.414 e. The molecular formula is C12H20F3NO3. The van der Waals surface area contributed by atoms with Gasteiger partial charge in [-0.05, 0) is 25.2 Å². The van der Waals surface area contributed by atoms with Crippen LogP contribution in [0.25, 0.3) is 0 Å². The number of rotatable bonds is 5. The van der Waals surface area contributed by atoms with Gasteiger partial charge in [0.25, 0.3) is 0 Å². The predicted molar refractivity (Wildman–Crippen MR) is 62.5 cm³/mol. The smallest absolute Gasteiger partial charge is 0.385 e. The number of amides is 1. The van der Waals surface area contributed by atoms with E-state index in [1.165, 1.54) is 0 Å². The lowest BCUT2D eigenvalue weighted by molar-refractivity contribution is -0.222. The molecule has 1 aliphatic heterocycles. The van der Waals surface area contributed by atoms with Crippen molar-refractivity contribution in [1.29, 1.82) is 0 Å². The molecule has 1 amide bonds. The van der Waals surface area contributed by atoms with Crippen LogP contribution in [-0.4, -0.2) is 55.0 Å². The number of piperidine rings is 1. The molecule has 19 heavy (non-hydrogen) atoms. The fraction of sp³-hybridized carbons (Fsp3) is 0.917. The monoisotopic (exact) mass is 283 g/mol. The number of methoxy groups -OCH3 is 1. The molecule has 1 fully saturated rings. The molecule has 1 N–H and O–H groups in total.